The van der Waals surface area contributed by atoms with E-state index >= 15 is 0 Å². The summed E-state index contributed by atoms with van der Waals surface area (Å²) in [5.41, 5.74) is 6.09. The van der Waals surface area contributed by atoms with Gasteiger partial charge in [-0.2, -0.15) is 18.4 Å². The number of imidazole rings is 1. The lowest BCUT2D eigenvalue weighted by Gasteiger charge is -2.19. The molecule has 0 saturated carbocycles. The molecule has 2 aromatic rings. The van der Waals surface area contributed by atoms with Gasteiger partial charge in [0.1, 0.15) is 24.9 Å². The molecule has 3 rings (SSSR count). The molecule has 0 aromatic carbocycles. The number of rotatable bonds is 6. The van der Waals surface area contributed by atoms with E-state index in [0.29, 0.717) is 0 Å². The highest BCUT2D eigenvalue weighted by Crippen LogP contribution is 2.35. The largest absolute Gasteiger partial charge is 0.508 e. The smallest absolute Gasteiger partial charge is 0.479 e. The third-order valence-electron chi connectivity index (χ3n) is 4.00. The van der Waals surface area contributed by atoms with Crippen molar-refractivity contribution in [3.63, 3.8) is 0 Å². The molecular formula is C14H19N5O9S. The number of anilines is 1. The Balaban J connectivity index is 1.96. The van der Waals surface area contributed by atoms with Crippen molar-refractivity contribution in [1.82, 2.24) is 19.5 Å². The molecule has 0 unspecified atom stereocenters. The highest BCUT2D eigenvalue weighted by molar-refractivity contribution is 7.86. The minimum atomic E-state index is -3.97. The highest BCUT2D eigenvalue weighted by atomic mass is 32.2. The van der Waals surface area contributed by atoms with Gasteiger partial charge in [-0.15, -0.1) is 0 Å². The number of aromatic nitrogens is 4. The van der Waals surface area contributed by atoms with E-state index in [1.165, 1.54) is 18.0 Å². The van der Waals surface area contributed by atoms with Gasteiger partial charge in [0.15, 0.2) is 17.4 Å². The third-order valence-corrected chi connectivity index (χ3v) is 4.57. The maximum Gasteiger partial charge on any atom is 0.508 e. The summed E-state index contributed by atoms with van der Waals surface area (Å²) in [6.07, 6.45) is -4.09. The summed E-state index contributed by atoms with van der Waals surface area (Å²) in [4.78, 5) is 23.3. The van der Waals surface area contributed by atoms with Crippen LogP contribution in [-0.4, -0.2) is 84.6 Å². The van der Waals surface area contributed by atoms with Crippen LogP contribution in [0.2, 0.25) is 0 Å². The zero-order chi connectivity index (χ0) is 21.3. The maximum atomic E-state index is 11.6. The molecule has 29 heavy (non-hydrogen) atoms. The predicted octanol–water partition coefficient (Wildman–Crippen LogP) is -1.20. The molecule has 0 bridgehead atoms. The van der Waals surface area contributed by atoms with Gasteiger partial charge in [-0.05, 0) is 0 Å². The van der Waals surface area contributed by atoms with Crippen LogP contribution in [0.1, 0.15) is 6.23 Å². The molecule has 14 nitrogen and oxygen atoms in total. The summed E-state index contributed by atoms with van der Waals surface area (Å²) in [7, 11) is -1.49. The van der Waals surface area contributed by atoms with E-state index in [4.69, 9.17) is 24.1 Å². The Kier molecular flexibility index (Phi) is 5.74. The number of hydrogen-bond acceptors (Lipinski definition) is 13. The summed E-state index contributed by atoms with van der Waals surface area (Å²) in [6.45, 7) is -0.437. The van der Waals surface area contributed by atoms with Crippen molar-refractivity contribution in [2.45, 2.75) is 24.5 Å². The molecule has 1 fully saturated rings. The first-order valence-electron chi connectivity index (χ1n) is 8.11. The molecule has 3 N–H and O–H groups in total. The quantitative estimate of drug-likeness (QED) is 0.409. The van der Waals surface area contributed by atoms with Gasteiger partial charge in [0.05, 0.1) is 26.8 Å². The molecule has 1 aliphatic rings. The van der Waals surface area contributed by atoms with Gasteiger partial charge < -0.3 is 29.8 Å². The lowest BCUT2D eigenvalue weighted by Crippen LogP contribution is -2.38. The first-order chi connectivity index (χ1) is 13.6. The van der Waals surface area contributed by atoms with E-state index in [0.717, 1.165) is 13.4 Å². The van der Waals surface area contributed by atoms with Crippen LogP contribution in [0.3, 0.4) is 0 Å². The number of hydrogen-bond donors (Lipinski definition) is 2. The standard InChI is InChI=1S/C14H19N5O9S/c1-24-11-7-10(17-13(15)18-11)19(5-16-7)12-8(20)9(28-29(3,22)23)6(27-12)4-26-14(21)25-2/h5-6,8-9,12,20H,4H2,1-3H3,(H2,15,17,18)/t6-,8-,9+,12-/m1/s1. The van der Waals surface area contributed by atoms with Crippen LogP contribution in [0.15, 0.2) is 6.33 Å². The molecule has 1 saturated heterocycles. The van der Waals surface area contributed by atoms with E-state index in [2.05, 4.69) is 19.7 Å². The fraction of sp³-hybridized carbons (Fsp3) is 0.571. The summed E-state index contributed by atoms with van der Waals surface area (Å²) >= 11 is 0. The molecule has 1 aliphatic heterocycles. The average Bonchev–Trinajstić information content (AvgIpc) is 3.19. The predicted molar refractivity (Wildman–Crippen MR) is 94.3 cm³/mol. The SMILES string of the molecule is COC(=O)OC[C@H]1O[C@@H](n2cnc3c(OC)nc(N)nc32)[C@H](O)[C@H]1OS(C)(=O)=O. The second-order valence-electron chi connectivity index (χ2n) is 6.00. The number of nitrogens with two attached hydrogens (primary N) is 1. The zero-order valence-corrected chi connectivity index (χ0v) is 16.4. The number of fused-ring (bicyclic) bond motifs is 1. The Hall–Kier alpha value is -2.75. The summed E-state index contributed by atoms with van der Waals surface area (Å²) in [5, 5.41) is 10.7. The lowest BCUT2D eigenvalue weighted by atomic mass is 10.1. The minimum absolute atomic E-state index is 0.105. The highest BCUT2D eigenvalue weighted by Gasteiger charge is 2.48. The molecule has 3 heterocycles. The number of ether oxygens (including phenoxy) is 4. The number of carbonyl (C=O) groups is 1. The van der Waals surface area contributed by atoms with Crippen molar-refractivity contribution in [3.05, 3.63) is 6.33 Å². The van der Waals surface area contributed by atoms with Crippen LogP contribution >= 0.6 is 0 Å². The number of carbonyl (C=O) groups excluding carboxylic acids is 1. The van der Waals surface area contributed by atoms with Gasteiger partial charge in [-0.3, -0.25) is 8.75 Å². The molecule has 160 valence electrons. The van der Waals surface area contributed by atoms with Crippen molar-refractivity contribution in [2.75, 3.05) is 32.8 Å². The maximum absolute atomic E-state index is 11.6. The fourth-order valence-electron chi connectivity index (χ4n) is 2.85. The Morgan fingerprint density at radius 1 is 1.38 bits per heavy atom. The monoisotopic (exact) mass is 433 g/mol. The van der Waals surface area contributed by atoms with Crippen molar-refractivity contribution < 1.29 is 41.4 Å². The van der Waals surface area contributed by atoms with Gasteiger partial charge in [0, 0.05) is 0 Å². The molecule has 0 spiro atoms. The fourth-order valence-corrected chi connectivity index (χ4v) is 3.49. The summed E-state index contributed by atoms with van der Waals surface area (Å²) in [5.74, 6) is -0.00801. The first-order valence-corrected chi connectivity index (χ1v) is 9.92. The van der Waals surface area contributed by atoms with Crippen LogP contribution in [0.5, 0.6) is 5.88 Å². The molecule has 15 heteroatoms. The number of nitrogen functional groups attached to an aromatic ring is 1. The van der Waals surface area contributed by atoms with Gasteiger partial charge >= 0.3 is 6.16 Å². The minimum Gasteiger partial charge on any atom is -0.479 e. The van der Waals surface area contributed by atoms with Crippen molar-refractivity contribution >= 4 is 33.4 Å². The van der Waals surface area contributed by atoms with E-state index in [-0.39, 0.29) is 23.0 Å². The number of aliphatic hydroxyl groups is 1. The molecule has 0 radical (unpaired) electrons. The van der Waals surface area contributed by atoms with Gasteiger partial charge in [-0.25, -0.2) is 9.78 Å². The molecular weight excluding hydrogens is 414 g/mol. The lowest BCUT2D eigenvalue weighted by molar-refractivity contribution is -0.0582. The van der Waals surface area contributed by atoms with E-state index < -0.39 is 47.4 Å². The second kappa shape index (κ2) is 7.94. The van der Waals surface area contributed by atoms with E-state index in [1.54, 1.807) is 0 Å². The Bertz CT molecular complexity index is 1010. The van der Waals surface area contributed by atoms with Gasteiger partial charge in [-0.1, -0.05) is 0 Å². The number of methoxy groups -OCH3 is 2. The van der Waals surface area contributed by atoms with Gasteiger partial charge in [0.2, 0.25) is 11.8 Å². The zero-order valence-electron chi connectivity index (χ0n) is 15.6. The Morgan fingerprint density at radius 3 is 2.72 bits per heavy atom. The molecule has 0 aliphatic carbocycles. The van der Waals surface area contributed by atoms with Crippen molar-refractivity contribution in [2.24, 2.45) is 0 Å². The van der Waals surface area contributed by atoms with Crippen LogP contribution < -0.4 is 10.5 Å². The Labute approximate surface area is 164 Å². The first kappa shape index (κ1) is 21.0. The molecule has 4 atom stereocenters. The summed E-state index contributed by atoms with van der Waals surface area (Å²) in [6, 6.07) is 0. The average molecular weight is 433 g/mol. The van der Waals surface area contributed by atoms with Crippen LogP contribution in [-0.2, 0) is 28.5 Å². The topological polar surface area (TPSA) is 187 Å². The number of aliphatic hydroxyl groups excluding tert-OH is 1. The Morgan fingerprint density at radius 2 is 2.10 bits per heavy atom. The summed E-state index contributed by atoms with van der Waals surface area (Å²) < 4.78 is 49.5. The van der Waals surface area contributed by atoms with E-state index in [9.17, 15) is 18.3 Å². The van der Waals surface area contributed by atoms with Crippen molar-refractivity contribution in [3.8, 4) is 5.88 Å². The van der Waals surface area contributed by atoms with Crippen LogP contribution in [0.4, 0.5) is 10.7 Å². The molecule has 0 amide bonds. The van der Waals surface area contributed by atoms with Gasteiger partial charge in [0.25, 0.3) is 10.1 Å². The van der Waals surface area contributed by atoms with E-state index in [1.807, 2.05) is 0 Å². The third kappa shape index (κ3) is 4.31. The van der Waals surface area contributed by atoms with Crippen LogP contribution in [0.25, 0.3) is 11.2 Å². The normalized spacial score (nSPS) is 24.6. The number of nitrogens with zero attached hydrogens (tertiary/aromatic N) is 4. The second-order valence-corrected chi connectivity index (χ2v) is 7.60. The van der Waals surface area contributed by atoms with Crippen molar-refractivity contribution in [1.29, 1.82) is 0 Å². The molecule has 2 aromatic heterocycles. The van der Waals surface area contributed by atoms with Crippen LogP contribution in [0, 0.1) is 0 Å².